The van der Waals surface area contributed by atoms with E-state index in [0.29, 0.717) is 13.2 Å². The first-order valence-electron chi connectivity index (χ1n) is 13.7. The Bertz CT molecular complexity index is 1480. The molecule has 0 saturated carbocycles. The van der Waals surface area contributed by atoms with Crippen molar-refractivity contribution in [3.05, 3.63) is 71.7 Å². The van der Waals surface area contributed by atoms with Crippen molar-refractivity contribution < 1.29 is 31.4 Å². The Kier molecular flexibility index (Phi) is 13.9. The summed E-state index contributed by atoms with van der Waals surface area (Å²) < 4.78 is 44.2. The third-order valence-corrected chi connectivity index (χ3v) is 7.80. The molecule has 0 aliphatic heterocycles. The number of aromatic nitrogens is 2. The Balaban J connectivity index is 0.000000978. The van der Waals surface area contributed by atoms with Crippen molar-refractivity contribution in [2.75, 3.05) is 50.2 Å². The molecule has 0 amide bonds. The molecule has 4 aromatic rings. The molecule has 0 saturated heterocycles. The van der Waals surface area contributed by atoms with Crippen LogP contribution in [0, 0.1) is 0 Å². The normalized spacial score (nSPS) is 11.6. The topological polar surface area (TPSA) is 153 Å². The minimum Gasteiger partial charge on any atom is -0.759 e. The van der Waals surface area contributed by atoms with Crippen molar-refractivity contribution in [3.63, 3.8) is 0 Å². The Labute approximate surface area is 266 Å². The Morgan fingerprint density at radius 3 is 1.41 bits per heavy atom. The van der Waals surface area contributed by atoms with E-state index in [-0.39, 0.29) is 0 Å². The van der Waals surface area contributed by atoms with Crippen LogP contribution in [0.25, 0.3) is 0 Å². The Hall–Kier alpha value is -3.67. The van der Waals surface area contributed by atoms with Gasteiger partial charge in [0, 0.05) is 59.7 Å². The van der Waals surface area contributed by atoms with Crippen LogP contribution in [0.2, 0.25) is 0 Å². The third kappa shape index (κ3) is 12.1. The van der Waals surface area contributed by atoms with E-state index in [1.54, 1.807) is 22.7 Å². The maximum absolute atomic E-state index is 8.52. The highest BCUT2D eigenvalue weighted by molar-refractivity contribution is 7.79. The van der Waals surface area contributed by atoms with E-state index < -0.39 is 10.4 Å². The zero-order chi connectivity index (χ0) is 32.0. The van der Waals surface area contributed by atoms with E-state index in [0.717, 1.165) is 59.2 Å². The van der Waals surface area contributed by atoms with E-state index in [2.05, 4.69) is 91.6 Å². The first kappa shape index (κ1) is 34.8. The lowest BCUT2D eigenvalue weighted by Gasteiger charge is -2.21. The molecule has 0 N–H and O–H groups in total. The number of hydrogen-bond acceptors (Lipinski definition) is 13. The number of likely N-dealkylation sites (N-methyl/N-ethyl adjacent to an activating group) is 2. The largest absolute Gasteiger partial charge is 0.759 e. The van der Waals surface area contributed by atoms with Gasteiger partial charge in [0.05, 0.1) is 36.5 Å². The van der Waals surface area contributed by atoms with E-state index in [1.807, 2.05) is 47.4 Å². The van der Waals surface area contributed by atoms with Crippen LogP contribution in [0.4, 0.5) is 33.0 Å². The Morgan fingerprint density at radius 1 is 0.705 bits per heavy atom. The smallest absolute Gasteiger partial charge is 0.408 e. The van der Waals surface area contributed by atoms with Crippen molar-refractivity contribution >= 4 is 66.1 Å². The molecule has 0 spiro atoms. The molecule has 0 atom stereocenters. The molecule has 0 radical (unpaired) electrons. The second kappa shape index (κ2) is 17.6. The molecule has 0 bridgehead atoms. The minimum atomic E-state index is -5.17. The van der Waals surface area contributed by atoms with Gasteiger partial charge in [-0.05, 0) is 95.3 Å². The quantitative estimate of drug-likeness (QED) is 0.0569. The molecule has 0 fully saturated rings. The number of aryl methyl sites for hydroxylation is 2. The average molecular weight is 661 g/mol. The fourth-order valence-corrected chi connectivity index (χ4v) is 5.23. The molecular weight excluding hydrogens is 625 g/mol. The monoisotopic (exact) mass is 660 g/mol. The van der Waals surface area contributed by atoms with Crippen LogP contribution in [0.3, 0.4) is 0 Å². The lowest BCUT2D eigenvalue weighted by atomic mass is 10.2. The first-order chi connectivity index (χ1) is 21.1. The maximum Gasteiger partial charge on any atom is 0.408 e. The number of azo groups is 2. The van der Waals surface area contributed by atoms with Crippen molar-refractivity contribution in [1.82, 2.24) is 0 Å². The minimum absolute atomic E-state index is 0.654. The molecule has 236 valence electrons. The number of benzene rings is 2. The summed E-state index contributed by atoms with van der Waals surface area (Å²) >= 11 is 3.17. The van der Waals surface area contributed by atoms with E-state index >= 15 is 0 Å². The van der Waals surface area contributed by atoms with Gasteiger partial charge in [0.15, 0.2) is 0 Å². The van der Waals surface area contributed by atoms with Crippen LogP contribution < -0.4 is 18.9 Å². The lowest BCUT2D eigenvalue weighted by molar-refractivity contribution is -0.677. The number of nitrogens with zero attached hydrogens (tertiary/aromatic N) is 8. The first-order valence-corrected chi connectivity index (χ1v) is 16.8. The third-order valence-electron chi connectivity index (χ3n) is 6.23. The second-order valence-corrected chi connectivity index (χ2v) is 11.8. The highest BCUT2D eigenvalue weighted by Crippen LogP contribution is 2.23. The second-order valence-electron chi connectivity index (χ2n) is 9.24. The zero-order valence-electron chi connectivity index (χ0n) is 25.0. The Morgan fingerprint density at radius 2 is 1.07 bits per heavy atom. The number of anilines is 2. The molecule has 0 aliphatic rings. The lowest BCUT2D eigenvalue weighted by Crippen LogP contribution is -2.28. The highest BCUT2D eigenvalue weighted by atomic mass is 32.3. The maximum atomic E-state index is 8.52. The molecule has 16 heteroatoms. The average Bonchev–Trinajstić information content (AvgIpc) is 3.67. The van der Waals surface area contributed by atoms with Gasteiger partial charge in [-0.2, -0.15) is 0 Å². The summed E-state index contributed by atoms with van der Waals surface area (Å²) in [5.74, 6) is 0. The molecule has 2 aromatic carbocycles. The summed E-state index contributed by atoms with van der Waals surface area (Å²) in [7, 11) is -1.03. The number of hydrogen-bond donors (Lipinski definition) is 0. The molecule has 0 unspecified atom stereocenters. The summed E-state index contributed by atoms with van der Waals surface area (Å²) in [5.41, 5.74) is 3.92. The number of rotatable bonds is 14. The molecular formula is C28H36N8O5S3. The van der Waals surface area contributed by atoms with Gasteiger partial charge in [-0.15, -0.1) is 0 Å². The number of ether oxygens (including phenoxy) is 1. The van der Waals surface area contributed by atoms with Crippen LogP contribution in [0.15, 0.2) is 92.1 Å². The standard InChI is InChI=1S/C28H36N8OS2.H2O4S/c1-5-35-17-21-38-27(35)31-29-23-7-11-25(12-8-23)33(3)15-19-37-20-16-34(4)26-13-9-24(10-14-26)30-32-28-36(6-2)18-22-39-28;1-5(2,3)4/h7-14,17-18,21-22H,5-6,15-16,19-20H2,1-4H3;(H2,1,2,3,4)/q+2;/p-2. The highest BCUT2D eigenvalue weighted by Gasteiger charge is 2.11. The predicted molar refractivity (Wildman–Crippen MR) is 169 cm³/mol. The fourth-order valence-electron chi connectivity index (χ4n) is 3.75. The van der Waals surface area contributed by atoms with E-state index in [1.165, 1.54) is 0 Å². The van der Waals surface area contributed by atoms with Crippen LogP contribution in [-0.2, 0) is 28.2 Å². The van der Waals surface area contributed by atoms with Crippen LogP contribution in [0.1, 0.15) is 13.8 Å². The summed E-state index contributed by atoms with van der Waals surface area (Å²) in [5, 5.41) is 23.3. The SMILES string of the molecule is CC[n+]1ccsc1N=Nc1ccc(N(C)CCOCCN(C)c2ccc(N=Nc3scc[n+]3CC)cc2)cc1.O=S(=O)([O-])[O-]. The van der Waals surface area contributed by atoms with Gasteiger partial charge in [-0.3, -0.25) is 8.42 Å². The molecule has 4 rings (SSSR count). The van der Waals surface area contributed by atoms with Crippen LogP contribution >= 0.6 is 22.7 Å². The van der Waals surface area contributed by atoms with Gasteiger partial charge in [0.25, 0.3) is 0 Å². The van der Waals surface area contributed by atoms with Crippen molar-refractivity contribution in [2.45, 2.75) is 26.9 Å². The van der Waals surface area contributed by atoms with Crippen molar-refractivity contribution in [3.8, 4) is 0 Å². The van der Waals surface area contributed by atoms with Crippen LogP contribution in [-0.4, -0.2) is 57.9 Å². The summed E-state index contributed by atoms with van der Waals surface area (Å²) in [6, 6.07) is 16.2. The summed E-state index contributed by atoms with van der Waals surface area (Å²) in [6.07, 6.45) is 4.05. The van der Waals surface area contributed by atoms with Crippen LogP contribution in [0.5, 0.6) is 0 Å². The molecule has 13 nitrogen and oxygen atoms in total. The fraction of sp³-hybridized carbons (Fsp3) is 0.357. The van der Waals surface area contributed by atoms with Gasteiger partial charge < -0.3 is 23.6 Å². The molecule has 0 aliphatic carbocycles. The van der Waals surface area contributed by atoms with E-state index in [4.69, 9.17) is 22.3 Å². The van der Waals surface area contributed by atoms with Gasteiger partial charge in [0.1, 0.15) is 23.8 Å². The molecule has 2 aromatic heterocycles. The molecule has 44 heavy (non-hydrogen) atoms. The zero-order valence-corrected chi connectivity index (χ0v) is 27.5. The van der Waals surface area contributed by atoms with Crippen molar-refractivity contribution in [2.24, 2.45) is 20.5 Å². The summed E-state index contributed by atoms with van der Waals surface area (Å²) in [4.78, 5) is 4.36. The van der Waals surface area contributed by atoms with Gasteiger partial charge in [-0.1, -0.05) is 0 Å². The predicted octanol–water partition coefficient (Wildman–Crippen LogP) is 5.51. The van der Waals surface area contributed by atoms with Gasteiger partial charge in [-0.25, -0.2) is 9.13 Å². The number of thiazole rings is 2. The molecule has 2 heterocycles. The van der Waals surface area contributed by atoms with Gasteiger partial charge in [0.2, 0.25) is 0 Å². The van der Waals surface area contributed by atoms with E-state index in [9.17, 15) is 0 Å². The van der Waals surface area contributed by atoms with Crippen molar-refractivity contribution in [1.29, 1.82) is 0 Å². The summed E-state index contributed by atoms with van der Waals surface area (Å²) in [6.45, 7) is 8.88. The van der Waals surface area contributed by atoms with Gasteiger partial charge >= 0.3 is 10.3 Å².